The van der Waals surface area contributed by atoms with E-state index < -0.39 is 0 Å². The summed E-state index contributed by atoms with van der Waals surface area (Å²) in [5, 5.41) is 6.48. The first-order valence-corrected chi connectivity index (χ1v) is 16.0. The Balaban J connectivity index is 1.72. The van der Waals surface area contributed by atoms with E-state index in [1.807, 2.05) is 18.2 Å². The van der Waals surface area contributed by atoms with Crippen molar-refractivity contribution in [3.63, 3.8) is 0 Å². The molecule has 0 radical (unpaired) electrons. The van der Waals surface area contributed by atoms with E-state index in [0.717, 1.165) is 45.2 Å². The van der Waals surface area contributed by atoms with Gasteiger partial charge in [0.15, 0.2) is 0 Å². The number of benzene rings is 1. The summed E-state index contributed by atoms with van der Waals surface area (Å²) in [4.78, 5) is 24.3. The lowest BCUT2D eigenvalue weighted by Crippen LogP contribution is -2.36. The monoisotopic (exact) mass is 560 g/mol. The Hall–Kier alpha value is -1.96. The van der Waals surface area contributed by atoms with Crippen LogP contribution in [0.15, 0.2) is 24.3 Å². The van der Waals surface area contributed by atoms with E-state index >= 15 is 0 Å². The molecular weight excluding hydrogens is 504 g/mol. The second-order valence-electron chi connectivity index (χ2n) is 11.1. The molecule has 1 aliphatic heterocycles. The molecule has 7 heteroatoms. The van der Waals surface area contributed by atoms with E-state index in [9.17, 15) is 9.59 Å². The van der Waals surface area contributed by atoms with Gasteiger partial charge in [-0.1, -0.05) is 76.8 Å². The van der Waals surface area contributed by atoms with Crippen LogP contribution in [0, 0.1) is 0 Å². The minimum Gasteiger partial charge on any atom is -0.469 e. The summed E-state index contributed by atoms with van der Waals surface area (Å²) in [6.45, 7) is 6.38. The number of amides is 1. The van der Waals surface area contributed by atoms with Crippen LogP contribution in [0.5, 0.6) is 0 Å². The van der Waals surface area contributed by atoms with Gasteiger partial charge in [-0.15, -0.1) is 0 Å². The fraction of sp³-hybridized carbons (Fsp3) is 0.758. The predicted octanol–water partition coefficient (Wildman–Crippen LogP) is 6.55. The minimum absolute atomic E-state index is 0.0681. The fourth-order valence-corrected chi connectivity index (χ4v) is 5.19. The molecule has 1 amide bonds. The van der Waals surface area contributed by atoms with E-state index in [1.165, 1.54) is 70.5 Å². The van der Waals surface area contributed by atoms with Gasteiger partial charge in [-0.3, -0.25) is 9.59 Å². The smallest absolute Gasteiger partial charge is 0.305 e. The average Bonchev–Trinajstić information content (AvgIpc) is 3.00. The van der Waals surface area contributed by atoms with Crippen molar-refractivity contribution in [3.8, 4) is 0 Å². The highest BCUT2D eigenvalue weighted by molar-refractivity contribution is 5.94. The number of carbonyl (C=O) groups excluding carboxylic acids is 2. The van der Waals surface area contributed by atoms with Crippen LogP contribution >= 0.6 is 0 Å². The Morgan fingerprint density at radius 3 is 2.30 bits per heavy atom. The Morgan fingerprint density at radius 2 is 1.60 bits per heavy atom. The Labute approximate surface area is 243 Å². The highest BCUT2D eigenvalue weighted by Crippen LogP contribution is 2.25. The van der Waals surface area contributed by atoms with Crippen molar-refractivity contribution in [1.82, 2.24) is 10.6 Å². The van der Waals surface area contributed by atoms with Crippen LogP contribution in [0.3, 0.4) is 0 Å². The van der Waals surface area contributed by atoms with Crippen LogP contribution in [-0.2, 0) is 19.0 Å². The van der Waals surface area contributed by atoms with Gasteiger partial charge < -0.3 is 24.8 Å². The van der Waals surface area contributed by atoms with Crippen molar-refractivity contribution in [2.75, 3.05) is 46.6 Å². The number of rotatable bonds is 23. The van der Waals surface area contributed by atoms with Gasteiger partial charge in [0.1, 0.15) is 0 Å². The number of piperidine rings is 1. The second-order valence-corrected chi connectivity index (χ2v) is 11.1. The van der Waals surface area contributed by atoms with E-state index in [-0.39, 0.29) is 18.0 Å². The zero-order valence-electron chi connectivity index (χ0n) is 25.4. The van der Waals surface area contributed by atoms with Gasteiger partial charge in [0, 0.05) is 31.7 Å². The molecule has 1 aromatic rings. The van der Waals surface area contributed by atoms with Crippen LogP contribution in [-0.4, -0.2) is 64.5 Å². The molecule has 0 saturated carbocycles. The summed E-state index contributed by atoms with van der Waals surface area (Å²) >= 11 is 0. The minimum atomic E-state index is -0.198. The van der Waals surface area contributed by atoms with Crippen molar-refractivity contribution in [3.05, 3.63) is 35.4 Å². The molecule has 2 N–H and O–H groups in total. The number of ether oxygens (including phenoxy) is 3. The third-order valence-electron chi connectivity index (χ3n) is 7.75. The Kier molecular flexibility index (Phi) is 19.4. The molecule has 1 heterocycles. The summed E-state index contributed by atoms with van der Waals surface area (Å²) in [5.74, 6) is 0.254. The van der Waals surface area contributed by atoms with Gasteiger partial charge in [-0.05, 0) is 68.8 Å². The topological polar surface area (TPSA) is 85.9 Å². The van der Waals surface area contributed by atoms with Crippen LogP contribution in [0.4, 0.5) is 0 Å². The van der Waals surface area contributed by atoms with E-state index in [0.29, 0.717) is 44.3 Å². The first-order valence-electron chi connectivity index (χ1n) is 16.0. The van der Waals surface area contributed by atoms with Gasteiger partial charge in [0.25, 0.3) is 5.91 Å². The van der Waals surface area contributed by atoms with Crippen molar-refractivity contribution in [2.24, 2.45) is 0 Å². The molecule has 1 atom stereocenters. The third kappa shape index (κ3) is 15.7. The summed E-state index contributed by atoms with van der Waals surface area (Å²) < 4.78 is 16.7. The number of unbranched alkanes of at least 4 members (excludes halogenated alkanes) is 10. The lowest BCUT2D eigenvalue weighted by Gasteiger charge is -2.23. The highest BCUT2D eigenvalue weighted by Gasteiger charge is 2.17. The molecule has 0 aromatic heterocycles. The normalized spacial score (nSPS) is 14.7. The number of nitrogens with one attached hydrogen (secondary N) is 2. The van der Waals surface area contributed by atoms with Crippen LogP contribution < -0.4 is 10.6 Å². The zero-order valence-corrected chi connectivity index (χ0v) is 25.4. The summed E-state index contributed by atoms with van der Waals surface area (Å²) in [6, 6.07) is 8.06. The predicted molar refractivity (Wildman–Crippen MR) is 162 cm³/mol. The number of methoxy groups -OCH3 is 1. The van der Waals surface area contributed by atoms with Crippen molar-refractivity contribution >= 4 is 11.9 Å². The van der Waals surface area contributed by atoms with Gasteiger partial charge in [0.05, 0.1) is 19.8 Å². The molecule has 1 aliphatic rings. The number of hydrogen-bond acceptors (Lipinski definition) is 6. The fourth-order valence-electron chi connectivity index (χ4n) is 5.19. The third-order valence-corrected chi connectivity index (χ3v) is 7.75. The van der Waals surface area contributed by atoms with Gasteiger partial charge in [-0.25, -0.2) is 0 Å². The van der Waals surface area contributed by atoms with Gasteiger partial charge in [-0.2, -0.15) is 0 Å². The standard InChI is InChI=1S/C33H56N2O5/c1-3-4-5-6-7-8-9-10-11-13-24-40-31(27-39-23-14-12-18-32(36)38-2)26-35-33(37)30-17-15-16-29(25-30)28-19-21-34-22-20-28/h15-17,25,28,31,34H,3-14,18-24,26-27H2,1-2H3,(H,35,37). The molecule has 228 valence electrons. The number of carbonyl (C=O) groups is 2. The molecule has 0 bridgehead atoms. The molecular formula is C33H56N2O5. The van der Waals surface area contributed by atoms with Crippen LogP contribution in [0.1, 0.15) is 125 Å². The Morgan fingerprint density at radius 1 is 0.925 bits per heavy atom. The first-order chi connectivity index (χ1) is 19.6. The maximum Gasteiger partial charge on any atom is 0.305 e. The average molecular weight is 561 g/mol. The lowest BCUT2D eigenvalue weighted by molar-refractivity contribution is -0.140. The molecule has 0 aliphatic carbocycles. The van der Waals surface area contributed by atoms with Gasteiger partial charge in [0.2, 0.25) is 0 Å². The highest BCUT2D eigenvalue weighted by atomic mass is 16.5. The maximum atomic E-state index is 13.0. The summed E-state index contributed by atoms with van der Waals surface area (Å²) in [5.41, 5.74) is 1.95. The maximum absolute atomic E-state index is 13.0. The quantitative estimate of drug-likeness (QED) is 0.117. The molecule has 1 aromatic carbocycles. The zero-order chi connectivity index (χ0) is 28.7. The molecule has 1 saturated heterocycles. The van der Waals surface area contributed by atoms with Crippen LogP contribution in [0.2, 0.25) is 0 Å². The van der Waals surface area contributed by atoms with E-state index in [1.54, 1.807) is 0 Å². The van der Waals surface area contributed by atoms with Gasteiger partial charge >= 0.3 is 5.97 Å². The molecule has 1 fully saturated rings. The Bertz CT molecular complexity index is 797. The molecule has 7 nitrogen and oxygen atoms in total. The molecule has 0 spiro atoms. The first kappa shape index (κ1) is 34.2. The lowest BCUT2D eigenvalue weighted by atomic mass is 9.89. The van der Waals surface area contributed by atoms with Crippen molar-refractivity contribution in [2.45, 2.75) is 115 Å². The van der Waals surface area contributed by atoms with Crippen molar-refractivity contribution in [1.29, 1.82) is 0 Å². The molecule has 1 unspecified atom stereocenters. The summed E-state index contributed by atoms with van der Waals surface area (Å²) in [7, 11) is 1.41. The largest absolute Gasteiger partial charge is 0.469 e. The van der Waals surface area contributed by atoms with E-state index in [4.69, 9.17) is 14.2 Å². The number of esters is 1. The second kappa shape index (κ2) is 22.7. The van der Waals surface area contributed by atoms with Crippen molar-refractivity contribution < 1.29 is 23.8 Å². The number of hydrogen-bond donors (Lipinski definition) is 2. The molecule has 40 heavy (non-hydrogen) atoms. The SMILES string of the molecule is CCCCCCCCCCCCOC(CNC(=O)c1cccc(C2CCNCC2)c1)COCCCCC(=O)OC. The molecule has 2 rings (SSSR count). The summed E-state index contributed by atoms with van der Waals surface area (Å²) in [6.07, 6.45) is 16.8. The van der Waals surface area contributed by atoms with Crippen LogP contribution in [0.25, 0.3) is 0 Å². The van der Waals surface area contributed by atoms with E-state index in [2.05, 4.69) is 23.6 Å².